The van der Waals surface area contributed by atoms with Crippen LogP contribution in [0.4, 0.5) is 5.69 Å². The number of hydrogen-bond donors (Lipinski definition) is 1. The van der Waals surface area contributed by atoms with Gasteiger partial charge in [0.25, 0.3) is 0 Å². The molecule has 1 aliphatic rings. The van der Waals surface area contributed by atoms with Gasteiger partial charge in [-0.25, -0.2) is 0 Å². The zero-order chi connectivity index (χ0) is 8.39. The largest absolute Gasteiger partial charge is 0.385 e. The Morgan fingerprint density at radius 2 is 2.33 bits per heavy atom. The molecule has 1 aromatic rings. The lowest BCUT2D eigenvalue weighted by Gasteiger charge is -2.17. The molecular formula is C10H11NO. The molecule has 1 heterocycles. The maximum atomic E-state index is 10.5. The molecule has 62 valence electrons. The predicted molar refractivity (Wildman–Crippen MR) is 48.6 cm³/mol. The monoisotopic (exact) mass is 161 g/mol. The molecule has 12 heavy (non-hydrogen) atoms. The number of aryl methyl sites for hydroxylation is 1. The fraction of sp³-hybridized carbons (Fsp3) is 0.300. The third-order valence-electron chi connectivity index (χ3n) is 2.21. The predicted octanol–water partition coefficient (Wildman–Crippen LogP) is 1.86. The highest BCUT2D eigenvalue weighted by molar-refractivity contribution is 5.78. The Morgan fingerprint density at radius 1 is 1.42 bits per heavy atom. The van der Waals surface area contributed by atoms with Crippen LogP contribution in [0.25, 0.3) is 0 Å². The summed E-state index contributed by atoms with van der Waals surface area (Å²) < 4.78 is 0. The zero-order valence-electron chi connectivity index (χ0n) is 6.84. The molecule has 0 saturated carbocycles. The fourth-order valence-electron chi connectivity index (χ4n) is 1.55. The van der Waals surface area contributed by atoms with Crippen molar-refractivity contribution in [3.8, 4) is 0 Å². The number of carbonyl (C=O) groups excluding carboxylic acids is 1. The molecule has 0 bridgehead atoms. The van der Waals surface area contributed by atoms with Crippen LogP contribution in [0.15, 0.2) is 18.2 Å². The van der Waals surface area contributed by atoms with Gasteiger partial charge in [-0.2, -0.15) is 0 Å². The van der Waals surface area contributed by atoms with Crippen LogP contribution >= 0.6 is 0 Å². The Labute approximate surface area is 71.6 Å². The second kappa shape index (κ2) is 2.97. The van der Waals surface area contributed by atoms with Gasteiger partial charge in [-0.15, -0.1) is 0 Å². The van der Waals surface area contributed by atoms with E-state index in [1.807, 2.05) is 18.2 Å². The highest BCUT2D eigenvalue weighted by Crippen LogP contribution is 2.22. The zero-order valence-corrected chi connectivity index (χ0v) is 6.84. The number of aldehydes is 1. The van der Waals surface area contributed by atoms with Crippen LogP contribution in [0.1, 0.15) is 22.3 Å². The summed E-state index contributed by atoms with van der Waals surface area (Å²) in [6, 6.07) is 5.82. The van der Waals surface area contributed by atoms with Gasteiger partial charge in [0, 0.05) is 17.8 Å². The van der Waals surface area contributed by atoms with Gasteiger partial charge < -0.3 is 5.32 Å². The summed E-state index contributed by atoms with van der Waals surface area (Å²) in [6.45, 7) is 1.02. The van der Waals surface area contributed by atoms with Crippen molar-refractivity contribution in [1.82, 2.24) is 0 Å². The number of carbonyl (C=O) groups is 1. The van der Waals surface area contributed by atoms with Crippen LogP contribution in [0.2, 0.25) is 0 Å². The molecule has 2 rings (SSSR count). The quantitative estimate of drug-likeness (QED) is 0.637. The summed E-state index contributed by atoms with van der Waals surface area (Å²) >= 11 is 0. The van der Waals surface area contributed by atoms with E-state index in [2.05, 4.69) is 5.32 Å². The van der Waals surface area contributed by atoms with E-state index in [9.17, 15) is 4.79 Å². The van der Waals surface area contributed by atoms with Crippen molar-refractivity contribution in [2.45, 2.75) is 12.8 Å². The van der Waals surface area contributed by atoms with Crippen LogP contribution in [0, 0.1) is 0 Å². The minimum absolute atomic E-state index is 0.753. The molecule has 1 aliphatic heterocycles. The number of rotatable bonds is 1. The van der Waals surface area contributed by atoms with Crippen LogP contribution < -0.4 is 5.32 Å². The van der Waals surface area contributed by atoms with Crippen molar-refractivity contribution >= 4 is 12.0 Å². The summed E-state index contributed by atoms with van der Waals surface area (Å²) in [7, 11) is 0. The molecule has 0 saturated heterocycles. The van der Waals surface area contributed by atoms with Crippen LogP contribution in [-0.2, 0) is 6.42 Å². The standard InChI is InChI=1S/C10H11NO/c12-7-8-3-4-9-2-1-5-11-10(9)6-8/h3-4,6-7,11H,1-2,5H2. The van der Waals surface area contributed by atoms with Crippen LogP contribution in [-0.4, -0.2) is 12.8 Å². The van der Waals surface area contributed by atoms with Crippen molar-refractivity contribution in [2.24, 2.45) is 0 Å². The van der Waals surface area contributed by atoms with Crippen molar-refractivity contribution < 1.29 is 4.79 Å². The molecule has 2 nitrogen and oxygen atoms in total. The molecule has 2 heteroatoms. The molecular weight excluding hydrogens is 150 g/mol. The molecule has 0 aliphatic carbocycles. The first-order chi connectivity index (χ1) is 5.90. The topological polar surface area (TPSA) is 29.1 Å². The van der Waals surface area contributed by atoms with Crippen molar-refractivity contribution in [3.05, 3.63) is 29.3 Å². The lowest BCUT2D eigenvalue weighted by Crippen LogP contribution is -2.11. The molecule has 0 aromatic heterocycles. The second-order valence-corrected chi connectivity index (χ2v) is 3.06. The number of benzene rings is 1. The first kappa shape index (κ1) is 7.35. The first-order valence-electron chi connectivity index (χ1n) is 4.22. The van der Waals surface area contributed by atoms with Gasteiger partial charge >= 0.3 is 0 Å². The van der Waals surface area contributed by atoms with Crippen molar-refractivity contribution in [3.63, 3.8) is 0 Å². The first-order valence-corrected chi connectivity index (χ1v) is 4.22. The van der Waals surface area contributed by atoms with Gasteiger partial charge in [0.15, 0.2) is 0 Å². The smallest absolute Gasteiger partial charge is 0.150 e. The van der Waals surface area contributed by atoms with Crippen molar-refractivity contribution in [1.29, 1.82) is 0 Å². The van der Waals surface area contributed by atoms with Crippen LogP contribution in [0.3, 0.4) is 0 Å². The number of nitrogens with one attached hydrogen (secondary N) is 1. The Bertz CT molecular complexity index is 307. The average Bonchev–Trinajstić information content (AvgIpc) is 2.17. The third-order valence-corrected chi connectivity index (χ3v) is 2.21. The van der Waals surface area contributed by atoms with E-state index in [1.165, 1.54) is 12.0 Å². The van der Waals surface area contributed by atoms with Gasteiger partial charge in [-0.05, 0) is 24.5 Å². The highest BCUT2D eigenvalue weighted by atomic mass is 16.1. The van der Waals surface area contributed by atoms with Crippen molar-refractivity contribution in [2.75, 3.05) is 11.9 Å². The van der Waals surface area contributed by atoms with Gasteiger partial charge in [-0.3, -0.25) is 4.79 Å². The molecule has 0 radical (unpaired) electrons. The Morgan fingerprint density at radius 3 is 3.17 bits per heavy atom. The maximum absolute atomic E-state index is 10.5. The molecule has 0 amide bonds. The lowest BCUT2D eigenvalue weighted by molar-refractivity contribution is 0.112. The molecule has 1 aromatic carbocycles. The Balaban J connectivity index is 2.42. The van der Waals surface area contributed by atoms with Gasteiger partial charge in [-0.1, -0.05) is 12.1 Å². The summed E-state index contributed by atoms with van der Waals surface area (Å²) in [5.74, 6) is 0. The third kappa shape index (κ3) is 1.20. The maximum Gasteiger partial charge on any atom is 0.150 e. The SMILES string of the molecule is O=Cc1ccc2c(c1)NCCC2. The highest BCUT2D eigenvalue weighted by Gasteiger charge is 2.07. The molecule has 0 spiro atoms. The average molecular weight is 161 g/mol. The lowest BCUT2D eigenvalue weighted by atomic mass is 10.0. The Hall–Kier alpha value is -1.31. The van der Waals surface area contributed by atoms with E-state index < -0.39 is 0 Å². The van der Waals surface area contributed by atoms with E-state index in [4.69, 9.17) is 0 Å². The van der Waals surface area contributed by atoms with Crippen LogP contribution in [0.5, 0.6) is 0 Å². The minimum atomic E-state index is 0.753. The normalized spacial score (nSPS) is 14.7. The van der Waals surface area contributed by atoms with E-state index in [0.717, 1.165) is 30.5 Å². The molecule has 0 atom stereocenters. The summed E-state index contributed by atoms with van der Waals surface area (Å²) in [5.41, 5.74) is 3.21. The molecule has 0 unspecified atom stereocenters. The summed E-state index contributed by atoms with van der Waals surface area (Å²) in [6.07, 6.45) is 3.20. The fourth-order valence-corrected chi connectivity index (χ4v) is 1.55. The molecule has 1 N–H and O–H groups in total. The summed E-state index contributed by atoms with van der Waals surface area (Å²) in [4.78, 5) is 10.5. The number of anilines is 1. The molecule has 0 fully saturated rings. The van der Waals surface area contributed by atoms with E-state index >= 15 is 0 Å². The Kier molecular flexibility index (Phi) is 1.82. The summed E-state index contributed by atoms with van der Waals surface area (Å²) in [5, 5.41) is 3.28. The van der Waals surface area contributed by atoms with Gasteiger partial charge in [0.1, 0.15) is 6.29 Å². The van der Waals surface area contributed by atoms with Gasteiger partial charge in [0.05, 0.1) is 0 Å². The second-order valence-electron chi connectivity index (χ2n) is 3.06. The van der Waals surface area contributed by atoms with E-state index in [1.54, 1.807) is 0 Å². The van der Waals surface area contributed by atoms with E-state index in [0.29, 0.717) is 0 Å². The minimum Gasteiger partial charge on any atom is -0.385 e. The van der Waals surface area contributed by atoms with Gasteiger partial charge in [0.2, 0.25) is 0 Å². The number of hydrogen-bond acceptors (Lipinski definition) is 2. The van der Waals surface area contributed by atoms with E-state index in [-0.39, 0.29) is 0 Å². The number of fused-ring (bicyclic) bond motifs is 1.